The molecule has 0 fully saturated rings. The summed E-state index contributed by atoms with van der Waals surface area (Å²) in [6.45, 7) is 1.95. The molecule has 0 saturated carbocycles. The monoisotopic (exact) mass is 335 g/mol. The zero-order valence-corrected chi connectivity index (χ0v) is 13.6. The Bertz CT molecular complexity index is 714. The minimum absolute atomic E-state index is 0.177. The number of hydrogen-bond acceptors (Lipinski definition) is 6. The smallest absolute Gasteiger partial charge is 0.263 e. The van der Waals surface area contributed by atoms with Gasteiger partial charge in [0.25, 0.3) is 11.8 Å². The summed E-state index contributed by atoms with van der Waals surface area (Å²) in [5.41, 5.74) is 5.88. The van der Waals surface area contributed by atoms with Gasteiger partial charge in [-0.3, -0.25) is 9.59 Å². The quantitative estimate of drug-likeness (QED) is 0.792. The van der Waals surface area contributed by atoms with Gasteiger partial charge in [-0.2, -0.15) is 0 Å². The highest BCUT2D eigenvalue weighted by molar-refractivity contribution is 7.13. The predicted octanol–water partition coefficient (Wildman–Crippen LogP) is 1.25. The van der Waals surface area contributed by atoms with E-state index in [1.54, 1.807) is 24.4 Å². The Morgan fingerprint density at radius 2 is 2.13 bits per heavy atom. The summed E-state index contributed by atoms with van der Waals surface area (Å²) in [5.74, 6) is 0.137. The lowest BCUT2D eigenvalue weighted by Crippen LogP contribution is -2.22. The maximum absolute atomic E-state index is 12.0. The van der Waals surface area contributed by atoms with E-state index in [1.165, 1.54) is 18.4 Å². The fourth-order valence-electron chi connectivity index (χ4n) is 1.83. The molecule has 2 rings (SSSR count). The Morgan fingerprint density at radius 3 is 2.74 bits per heavy atom. The molecule has 1 aromatic heterocycles. The van der Waals surface area contributed by atoms with E-state index in [0.29, 0.717) is 22.9 Å². The van der Waals surface area contributed by atoms with Crippen molar-refractivity contribution < 1.29 is 19.1 Å². The lowest BCUT2D eigenvalue weighted by atomic mass is 10.2. The van der Waals surface area contributed by atoms with Crippen molar-refractivity contribution in [3.63, 3.8) is 0 Å². The molecule has 122 valence electrons. The van der Waals surface area contributed by atoms with Crippen molar-refractivity contribution in [2.45, 2.75) is 13.5 Å². The number of primary amides is 1. The summed E-state index contributed by atoms with van der Waals surface area (Å²) in [4.78, 5) is 27.4. The zero-order chi connectivity index (χ0) is 16.8. The molecule has 1 aromatic carbocycles. The second-order valence-electron chi connectivity index (χ2n) is 4.67. The van der Waals surface area contributed by atoms with Crippen LogP contribution >= 0.6 is 11.3 Å². The highest BCUT2D eigenvalue weighted by Gasteiger charge is 2.10. The van der Waals surface area contributed by atoms with E-state index in [2.05, 4.69) is 10.3 Å². The minimum Gasteiger partial charge on any atom is -0.493 e. The molecule has 0 unspecified atom stereocenters. The van der Waals surface area contributed by atoms with Gasteiger partial charge in [0, 0.05) is 6.54 Å². The summed E-state index contributed by atoms with van der Waals surface area (Å²) < 4.78 is 10.5. The van der Waals surface area contributed by atoms with E-state index in [-0.39, 0.29) is 12.5 Å². The maximum Gasteiger partial charge on any atom is 0.263 e. The molecule has 2 aromatic rings. The van der Waals surface area contributed by atoms with Crippen molar-refractivity contribution >= 4 is 23.2 Å². The zero-order valence-electron chi connectivity index (χ0n) is 12.8. The van der Waals surface area contributed by atoms with Crippen molar-refractivity contribution in [1.82, 2.24) is 10.3 Å². The molecule has 0 spiro atoms. The summed E-state index contributed by atoms with van der Waals surface area (Å²) in [6, 6.07) is 5.17. The molecule has 0 aliphatic rings. The van der Waals surface area contributed by atoms with Gasteiger partial charge >= 0.3 is 0 Å². The molecule has 0 atom stereocenters. The largest absolute Gasteiger partial charge is 0.493 e. The van der Waals surface area contributed by atoms with Crippen LogP contribution in [0.15, 0.2) is 24.4 Å². The van der Waals surface area contributed by atoms with E-state index in [1.807, 2.05) is 6.92 Å². The van der Waals surface area contributed by atoms with Crippen molar-refractivity contribution in [1.29, 1.82) is 0 Å². The normalized spacial score (nSPS) is 10.2. The molecule has 0 bridgehead atoms. The summed E-state index contributed by atoms with van der Waals surface area (Å²) in [5, 5.41) is 3.65. The van der Waals surface area contributed by atoms with Crippen molar-refractivity contribution in [2.24, 2.45) is 5.73 Å². The molecule has 8 heteroatoms. The standard InChI is InChI=1S/C15H17N3O4S/c1-9-17-7-13(23-9)15(20)18-6-10-3-4-11(12(5-10)21-2)22-8-14(16)19/h3-5,7H,6,8H2,1-2H3,(H2,16,19)(H,18,20). The van der Waals surface area contributed by atoms with E-state index >= 15 is 0 Å². The number of carbonyl (C=O) groups is 2. The molecule has 3 N–H and O–H groups in total. The van der Waals surface area contributed by atoms with E-state index < -0.39 is 5.91 Å². The van der Waals surface area contributed by atoms with Gasteiger partial charge in [0.05, 0.1) is 18.3 Å². The molecule has 2 amide bonds. The third-order valence-electron chi connectivity index (χ3n) is 2.90. The van der Waals surface area contributed by atoms with Gasteiger partial charge in [-0.1, -0.05) is 6.07 Å². The van der Waals surface area contributed by atoms with Crippen molar-refractivity contribution in [2.75, 3.05) is 13.7 Å². The second-order valence-corrected chi connectivity index (χ2v) is 5.90. The van der Waals surface area contributed by atoms with Gasteiger partial charge in [-0.25, -0.2) is 4.98 Å². The first-order chi connectivity index (χ1) is 11.0. The number of carbonyl (C=O) groups excluding carboxylic acids is 2. The average molecular weight is 335 g/mol. The number of amides is 2. The van der Waals surface area contributed by atoms with E-state index in [0.717, 1.165) is 10.6 Å². The number of thiazole rings is 1. The molecule has 1 heterocycles. The van der Waals surface area contributed by atoms with Crippen molar-refractivity contribution in [3.05, 3.63) is 39.8 Å². The fourth-order valence-corrected chi connectivity index (χ4v) is 2.52. The Kier molecular flexibility index (Phi) is 5.53. The van der Waals surface area contributed by atoms with Gasteiger partial charge < -0.3 is 20.5 Å². The van der Waals surface area contributed by atoms with Crippen LogP contribution in [0.3, 0.4) is 0 Å². The van der Waals surface area contributed by atoms with Crippen molar-refractivity contribution in [3.8, 4) is 11.5 Å². The maximum atomic E-state index is 12.0. The average Bonchev–Trinajstić information content (AvgIpc) is 2.97. The Balaban J connectivity index is 2.00. The minimum atomic E-state index is -0.566. The van der Waals surface area contributed by atoms with Gasteiger partial charge in [0.15, 0.2) is 18.1 Å². The summed E-state index contributed by atoms with van der Waals surface area (Å²) >= 11 is 1.34. The van der Waals surface area contributed by atoms with Gasteiger partial charge in [0.2, 0.25) is 0 Å². The van der Waals surface area contributed by atoms with Gasteiger partial charge in [0.1, 0.15) is 4.88 Å². The first kappa shape index (κ1) is 16.8. The number of methoxy groups -OCH3 is 1. The highest BCUT2D eigenvalue weighted by atomic mass is 32.1. The first-order valence-electron chi connectivity index (χ1n) is 6.78. The SMILES string of the molecule is COc1cc(CNC(=O)c2cnc(C)s2)ccc1OCC(N)=O. The molecular weight excluding hydrogens is 318 g/mol. The molecule has 0 aliphatic carbocycles. The number of aromatic nitrogens is 1. The van der Waals surface area contributed by atoms with Crippen LogP contribution in [0, 0.1) is 6.92 Å². The third-order valence-corrected chi connectivity index (χ3v) is 3.81. The number of nitrogens with one attached hydrogen (secondary N) is 1. The Labute approximate surface area is 137 Å². The second kappa shape index (κ2) is 7.59. The van der Waals surface area contributed by atoms with Crippen LogP contribution in [0.25, 0.3) is 0 Å². The molecular formula is C15H17N3O4S. The van der Waals surface area contributed by atoms with Crippen LogP contribution in [0.2, 0.25) is 0 Å². The van der Waals surface area contributed by atoms with Crippen LogP contribution in [0.1, 0.15) is 20.2 Å². The topological polar surface area (TPSA) is 104 Å². The number of rotatable bonds is 7. The molecule has 0 saturated heterocycles. The lowest BCUT2D eigenvalue weighted by Gasteiger charge is -2.11. The Morgan fingerprint density at radius 1 is 1.35 bits per heavy atom. The number of aryl methyl sites for hydroxylation is 1. The van der Waals surface area contributed by atoms with Crippen LogP contribution < -0.4 is 20.5 Å². The fraction of sp³-hybridized carbons (Fsp3) is 0.267. The summed E-state index contributed by atoms with van der Waals surface area (Å²) in [7, 11) is 1.49. The lowest BCUT2D eigenvalue weighted by molar-refractivity contribution is -0.119. The number of nitrogens with zero attached hydrogens (tertiary/aromatic N) is 1. The number of ether oxygens (including phenoxy) is 2. The summed E-state index contributed by atoms with van der Waals surface area (Å²) in [6.07, 6.45) is 1.55. The van der Waals surface area contributed by atoms with Gasteiger partial charge in [-0.05, 0) is 24.6 Å². The number of nitrogens with two attached hydrogens (primary N) is 1. The van der Waals surface area contributed by atoms with Crippen LogP contribution in [0.5, 0.6) is 11.5 Å². The van der Waals surface area contributed by atoms with E-state index in [4.69, 9.17) is 15.2 Å². The molecule has 0 aliphatic heterocycles. The van der Waals surface area contributed by atoms with Crippen LogP contribution in [-0.2, 0) is 11.3 Å². The Hall–Kier alpha value is -2.61. The number of hydrogen-bond donors (Lipinski definition) is 2. The van der Waals surface area contributed by atoms with Crippen LogP contribution in [0.4, 0.5) is 0 Å². The highest BCUT2D eigenvalue weighted by Crippen LogP contribution is 2.28. The molecule has 0 radical (unpaired) electrons. The van der Waals surface area contributed by atoms with Crippen LogP contribution in [-0.4, -0.2) is 30.5 Å². The van der Waals surface area contributed by atoms with Gasteiger partial charge in [-0.15, -0.1) is 11.3 Å². The predicted molar refractivity (Wildman–Crippen MR) is 85.7 cm³/mol. The molecule has 23 heavy (non-hydrogen) atoms. The first-order valence-corrected chi connectivity index (χ1v) is 7.60. The number of benzene rings is 1. The molecule has 7 nitrogen and oxygen atoms in total. The third kappa shape index (κ3) is 4.68. The van der Waals surface area contributed by atoms with E-state index in [9.17, 15) is 9.59 Å².